The van der Waals surface area contributed by atoms with Gasteiger partial charge in [0.15, 0.2) is 6.40 Å². The van der Waals surface area contributed by atoms with Crippen molar-refractivity contribution in [2.75, 3.05) is 13.7 Å². The summed E-state index contributed by atoms with van der Waals surface area (Å²) in [5.74, 6) is 0. The first-order chi connectivity index (χ1) is 4.81. The lowest BCUT2D eigenvalue weighted by Gasteiger charge is -1.92. The highest BCUT2D eigenvalue weighted by Gasteiger charge is 1.93. The number of nitrogens with zero attached hydrogens (tertiary/aromatic N) is 1. The Hall–Kier alpha value is -1.32. The third kappa shape index (κ3) is 4.83. The second-order valence-corrected chi connectivity index (χ2v) is 1.33. The van der Waals surface area contributed by atoms with Crippen LogP contribution in [0.15, 0.2) is 17.6 Å². The van der Waals surface area contributed by atoms with Crippen molar-refractivity contribution in [3.8, 4) is 0 Å². The SMILES string of the molecule is C=CCN=COC(=O)OC. The molecule has 0 rings (SSSR count). The van der Waals surface area contributed by atoms with Crippen LogP contribution in [0.25, 0.3) is 0 Å². The highest BCUT2D eigenvalue weighted by atomic mass is 16.7. The third-order valence-corrected chi connectivity index (χ3v) is 0.625. The molecule has 0 radical (unpaired) electrons. The summed E-state index contributed by atoms with van der Waals surface area (Å²) in [6.45, 7) is 3.84. The van der Waals surface area contributed by atoms with E-state index in [0.29, 0.717) is 6.54 Å². The minimum Gasteiger partial charge on any atom is -0.437 e. The molecule has 10 heavy (non-hydrogen) atoms. The van der Waals surface area contributed by atoms with Gasteiger partial charge < -0.3 is 9.47 Å². The molecule has 0 unspecified atom stereocenters. The van der Waals surface area contributed by atoms with Crippen LogP contribution < -0.4 is 0 Å². The van der Waals surface area contributed by atoms with E-state index in [9.17, 15) is 4.79 Å². The molecule has 0 spiro atoms. The summed E-state index contributed by atoms with van der Waals surface area (Å²) in [5, 5.41) is 0. The number of hydrogen-bond acceptors (Lipinski definition) is 4. The Morgan fingerprint density at radius 2 is 2.50 bits per heavy atom. The molecule has 0 aliphatic carbocycles. The van der Waals surface area contributed by atoms with E-state index in [1.165, 1.54) is 7.11 Å². The topological polar surface area (TPSA) is 47.9 Å². The zero-order valence-corrected chi connectivity index (χ0v) is 5.74. The van der Waals surface area contributed by atoms with E-state index < -0.39 is 6.16 Å². The van der Waals surface area contributed by atoms with E-state index in [1.807, 2.05) is 0 Å². The van der Waals surface area contributed by atoms with Crippen molar-refractivity contribution in [2.45, 2.75) is 0 Å². The number of carbonyl (C=O) groups excluding carboxylic acids is 1. The van der Waals surface area contributed by atoms with Crippen LogP contribution in [0.4, 0.5) is 4.79 Å². The van der Waals surface area contributed by atoms with Gasteiger partial charge in [0.25, 0.3) is 0 Å². The van der Waals surface area contributed by atoms with Crippen LogP contribution >= 0.6 is 0 Å². The minimum atomic E-state index is -0.771. The van der Waals surface area contributed by atoms with Crippen molar-refractivity contribution in [3.05, 3.63) is 12.7 Å². The number of carbonyl (C=O) groups is 1. The maximum absolute atomic E-state index is 10.2. The largest absolute Gasteiger partial charge is 0.514 e. The maximum Gasteiger partial charge on any atom is 0.514 e. The Morgan fingerprint density at radius 3 is 3.00 bits per heavy atom. The normalized spacial score (nSPS) is 9.30. The minimum absolute atomic E-state index is 0.428. The Morgan fingerprint density at radius 1 is 1.80 bits per heavy atom. The lowest BCUT2D eigenvalue weighted by Crippen LogP contribution is -2.01. The molecule has 0 saturated heterocycles. The zero-order valence-electron chi connectivity index (χ0n) is 5.74. The molecule has 56 valence electrons. The fraction of sp³-hybridized carbons (Fsp3) is 0.333. The van der Waals surface area contributed by atoms with E-state index in [2.05, 4.69) is 21.0 Å². The Bertz CT molecular complexity index is 142. The molecule has 0 aliphatic rings. The predicted molar refractivity (Wildman–Crippen MR) is 37.0 cm³/mol. The van der Waals surface area contributed by atoms with Gasteiger partial charge in [0.05, 0.1) is 13.7 Å². The van der Waals surface area contributed by atoms with E-state index in [1.54, 1.807) is 6.08 Å². The molecule has 4 heteroatoms. The van der Waals surface area contributed by atoms with Gasteiger partial charge >= 0.3 is 6.16 Å². The van der Waals surface area contributed by atoms with Gasteiger partial charge in [-0.25, -0.2) is 4.79 Å². The average Bonchev–Trinajstić information content (AvgIpc) is 1.98. The number of hydrogen-bond donors (Lipinski definition) is 0. The highest BCUT2D eigenvalue weighted by molar-refractivity contribution is 5.71. The molecular formula is C6H9NO3. The van der Waals surface area contributed by atoms with Crippen molar-refractivity contribution in [3.63, 3.8) is 0 Å². The first-order valence-electron chi connectivity index (χ1n) is 2.65. The van der Waals surface area contributed by atoms with Gasteiger partial charge in [-0.3, -0.25) is 4.99 Å². The number of aliphatic imine (C=N–C) groups is 1. The first-order valence-corrected chi connectivity index (χ1v) is 2.65. The molecule has 0 aromatic heterocycles. The summed E-state index contributed by atoms with van der Waals surface area (Å²) in [6, 6.07) is 0. The Balaban J connectivity index is 3.33. The van der Waals surface area contributed by atoms with Crippen LogP contribution in [-0.4, -0.2) is 26.2 Å². The monoisotopic (exact) mass is 143 g/mol. The molecule has 0 bridgehead atoms. The molecule has 0 amide bonds. The number of methoxy groups -OCH3 is 1. The second-order valence-electron chi connectivity index (χ2n) is 1.33. The van der Waals surface area contributed by atoms with E-state index in [0.717, 1.165) is 6.40 Å². The summed E-state index contributed by atoms with van der Waals surface area (Å²) in [7, 11) is 1.23. The molecule has 4 nitrogen and oxygen atoms in total. The van der Waals surface area contributed by atoms with Crippen LogP contribution in [0, 0.1) is 0 Å². The number of ether oxygens (including phenoxy) is 2. The smallest absolute Gasteiger partial charge is 0.437 e. The summed E-state index contributed by atoms with van der Waals surface area (Å²) in [5.41, 5.74) is 0. The van der Waals surface area contributed by atoms with Crippen LogP contribution in [0.3, 0.4) is 0 Å². The molecule has 0 aromatic rings. The fourth-order valence-corrected chi connectivity index (χ4v) is 0.246. The van der Waals surface area contributed by atoms with Gasteiger partial charge in [-0.2, -0.15) is 0 Å². The predicted octanol–water partition coefficient (Wildman–Crippen LogP) is 0.984. The standard InChI is InChI=1S/C6H9NO3/c1-3-4-7-5-10-6(8)9-2/h3,5H,1,4H2,2H3. The van der Waals surface area contributed by atoms with Crippen LogP contribution in [-0.2, 0) is 9.47 Å². The lowest BCUT2D eigenvalue weighted by atomic mass is 10.7. The van der Waals surface area contributed by atoms with Crippen LogP contribution in [0.5, 0.6) is 0 Å². The van der Waals surface area contributed by atoms with E-state index in [4.69, 9.17) is 0 Å². The zero-order chi connectivity index (χ0) is 7.82. The molecule has 0 N–H and O–H groups in total. The van der Waals surface area contributed by atoms with E-state index in [-0.39, 0.29) is 0 Å². The van der Waals surface area contributed by atoms with Crippen LogP contribution in [0.1, 0.15) is 0 Å². The molecule has 0 aromatic carbocycles. The third-order valence-electron chi connectivity index (χ3n) is 0.625. The molecule has 0 aliphatic heterocycles. The maximum atomic E-state index is 10.2. The van der Waals surface area contributed by atoms with Gasteiger partial charge in [-0.05, 0) is 0 Å². The highest BCUT2D eigenvalue weighted by Crippen LogP contribution is 1.77. The summed E-state index contributed by atoms with van der Waals surface area (Å²) in [4.78, 5) is 13.8. The van der Waals surface area contributed by atoms with Crippen molar-refractivity contribution >= 4 is 12.6 Å². The quantitative estimate of drug-likeness (QED) is 0.256. The van der Waals surface area contributed by atoms with Crippen molar-refractivity contribution < 1.29 is 14.3 Å². The van der Waals surface area contributed by atoms with E-state index >= 15 is 0 Å². The Labute approximate surface area is 59.2 Å². The van der Waals surface area contributed by atoms with Crippen molar-refractivity contribution in [2.24, 2.45) is 4.99 Å². The second kappa shape index (κ2) is 5.81. The Kier molecular flexibility index (Phi) is 5.04. The summed E-state index contributed by atoms with van der Waals surface area (Å²) in [6.07, 6.45) is 1.83. The molecule has 0 heterocycles. The van der Waals surface area contributed by atoms with Gasteiger partial charge in [0.1, 0.15) is 0 Å². The average molecular weight is 143 g/mol. The van der Waals surface area contributed by atoms with Gasteiger partial charge in [-0.15, -0.1) is 6.58 Å². The van der Waals surface area contributed by atoms with Crippen LogP contribution in [0.2, 0.25) is 0 Å². The summed E-state index contributed by atoms with van der Waals surface area (Å²) < 4.78 is 8.44. The lowest BCUT2D eigenvalue weighted by molar-refractivity contribution is 0.120. The number of rotatable bonds is 3. The molecule has 0 saturated carbocycles. The van der Waals surface area contributed by atoms with Gasteiger partial charge in [0.2, 0.25) is 0 Å². The molecular weight excluding hydrogens is 134 g/mol. The molecule has 0 fully saturated rings. The van der Waals surface area contributed by atoms with Gasteiger partial charge in [0, 0.05) is 0 Å². The van der Waals surface area contributed by atoms with Crippen molar-refractivity contribution in [1.29, 1.82) is 0 Å². The fourth-order valence-electron chi connectivity index (χ4n) is 0.246. The molecule has 0 atom stereocenters. The van der Waals surface area contributed by atoms with Crippen molar-refractivity contribution in [1.82, 2.24) is 0 Å². The first kappa shape index (κ1) is 8.68. The van der Waals surface area contributed by atoms with Gasteiger partial charge in [-0.1, -0.05) is 6.08 Å². The summed E-state index contributed by atoms with van der Waals surface area (Å²) >= 11 is 0.